The summed E-state index contributed by atoms with van der Waals surface area (Å²) in [5.41, 5.74) is 17.1. The Morgan fingerprint density at radius 3 is 2.14 bits per heavy atom. The molecule has 1 atom stereocenters. The number of rotatable bonds is 10. The zero-order chi connectivity index (χ0) is 26.8. The monoisotopic (exact) mass is 497 g/mol. The molecule has 0 saturated carbocycles. The SMILES string of the molecule is COc1ccc(Oc2cccc(C=O)c2)cc1.NCCCCC(N)C(=O)O.NCc1ccccc1O. The van der Waals surface area contributed by atoms with Crippen LogP contribution in [0.3, 0.4) is 0 Å². The average molecular weight is 498 g/mol. The molecular formula is C27H35N3O6. The topological polar surface area (TPSA) is 171 Å². The fraction of sp³-hybridized carbons (Fsp3) is 0.259. The van der Waals surface area contributed by atoms with Crippen molar-refractivity contribution in [1.29, 1.82) is 0 Å². The van der Waals surface area contributed by atoms with Crippen LogP contribution in [0.25, 0.3) is 0 Å². The number of carboxylic acids is 1. The van der Waals surface area contributed by atoms with Gasteiger partial charge in [0, 0.05) is 17.7 Å². The number of benzene rings is 3. The molecule has 8 N–H and O–H groups in total. The van der Waals surface area contributed by atoms with Gasteiger partial charge in [0.05, 0.1) is 7.11 Å². The first-order chi connectivity index (χ1) is 17.3. The van der Waals surface area contributed by atoms with Crippen molar-refractivity contribution in [2.75, 3.05) is 13.7 Å². The predicted molar refractivity (Wildman–Crippen MR) is 139 cm³/mol. The van der Waals surface area contributed by atoms with Crippen LogP contribution in [0.1, 0.15) is 35.2 Å². The Labute approximate surface area is 211 Å². The first kappa shape index (κ1) is 30.1. The molecule has 0 aliphatic carbocycles. The molecule has 0 spiro atoms. The number of carbonyl (C=O) groups is 2. The number of aliphatic carboxylic acids is 1. The summed E-state index contributed by atoms with van der Waals surface area (Å²) in [4.78, 5) is 20.8. The fourth-order valence-electron chi connectivity index (χ4n) is 2.75. The summed E-state index contributed by atoms with van der Waals surface area (Å²) in [6, 6.07) is 20.6. The lowest BCUT2D eigenvalue weighted by atomic mass is 10.1. The van der Waals surface area contributed by atoms with Gasteiger partial charge in [0.25, 0.3) is 0 Å². The summed E-state index contributed by atoms with van der Waals surface area (Å²) in [6.45, 7) is 0.999. The molecule has 9 heteroatoms. The third kappa shape index (κ3) is 12.0. The quantitative estimate of drug-likeness (QED) is 0.207. The third-order valence-electron chi connectivity index (χ3n) is 4.79. The molecule has 0 amide bonds. The van der Waals surface area contributed by atoms with E-state index in [2.05, 4.69) is 0 Å². The van der Waals surface area contributed by atoms with E-state index in [1.165, 1.54) is 0 Å². The maximum atomic E-state index is 10.6. The summed E-state index contributed by atoms with van der Waals surface area (Å²) in [7, 11) is 1.61. The molecule has 0 radical (unpaired) electrons. The lowest BCUT2D eigenvalue weighted by Gasteiger charge is -2.06. The van der Waals surface area contributed by atoms with Crippen molar-refractivity contribution in [3.05, 3.63) is 83.9 Å². The Morgan fingerprint density at radius 1 is 0.944 bits per heavy atom. The number of aromatic hydroxyl groups is 1. The number of phenols is 1. The van der Waals surface area contributed by atoms with Crippen molar-refractivity contribution < 1.29 is 29.3 Å². The fourth-order valence-corrected chi connectivity index (χ4v) is 2.75. The number of ether oxygens (including phenoxy) is 2. The summed E-state index contributed by atoms with van der Waals surface area (Å²) in [5.74, 6) is 1.46. The van der Waals surface area contributed by atoms with E-state index in [-0.39, 0.29) is 5.75 Å². The van der Waals surface area contributed by atoms with E-state index in [0.717, 1.165) is 30.4 Å². The van der Waals surface area contributed by atoms with Crippen LogP contribution in [0.2, 0.25) is 0 Å². The number of hydrogen-bond donors (Lipinski definition) is 5. The highest BCUT2D eigenvalue weighted by Gasteiger charge is 2.09. The molecule has 0 aliphatic heterocycles. The molecule has 0 heterocycles. The molecule has 3 aromatic carbocycles. The Hall–Kier alpha value is -3.92. The maximum Gasteiger partial charge on any atom is 0.320 e. The molecule has 0 bridgehead atoms. The number of carbonyl (C=O) groups excluding carboxylic acids is 1. The number of carboxylic acid groups (broad SMARTS) is 1. The normalized spacial score (nSPS) is 10.6. The first-order valence-corrected chi connectivity index (χ1v) is 11.4. The minimum absolute atomic E-state index is 0.278. The lowest BCUT2D eigenvalue weighted by Crippen LogP contribution is -2.29. The van der Waals surface area contributed by atoms with Gasteiger partial charge < -0.3 is 36.9 Å². The van der Waals surface area contributed by atoms with E-state index in [9.17, 15) is 9.59 Å². The van der Waals surface area contributed by atoms with Crippen molar-refractivity contribution in [2.24, 2.45) is 17.2 Å². The molecule has 194 valence electrons. The summed E-state index contributed by atoms with van der Waals surface area (Å²) < 4.78 is 10.7. The molecular weight excluding hydrogens is 462 g/mol. The van der Waals surface area contributed by atoms with Gasteiger partial charge in [-0.25, -0.2) is 0 Å². The van der Waals surface area contributed by atoms with Gasteiger partial charge in [-0.1, -0.05) is 36.8 Å². The van der Waals surface area contributed by atoms with Gasteiger partial charge in [-0.05, 0) is 61.9 Å². The summed E-state index contributed by atoms with van der Waals surface area (Å²) >= 11 is 0. The highest BCUT2D eigenvalue weighted by atomic mass is 16.5. The van der Waals surface area contributed by atoms with Crippen LogP contribution >= 0.6 is 0 Å². The zero-order valence-electron chi connectivity index (χ0n) is 20.4. The van der Waals surface area contributed by atoms with Crippen molar-refractivity contribution in [3.63, 3.8) is 0 Å². The average Bonchev–Trinajstić information content (AvgIpc) is 2.90. The van der Waals surface area contributed by atoms with Crippen LogP contribution in [-0.2, 0) is 11.3 Å². The Bertz CT molecular complexity index is 1040. The van der Waals surface area contributed by atoms with Crippen LogP contribution < -0.4 is 26.7 Å². The van der Waals surface area contributed by atoms with Crippen molar-refractivity contribution in [1.82, 2.24) is 0 Å². The number of nitrogens with two attached hydrogens (primary N) is 3. The molecule has 3 aromatic rings. The minimum atomic E-state index is -0.933. The molecule has 0 fully saturated rings. The maximum absolute atomic E-state index is 10.6. The zero-order valence-corrected chi connectivity index (χ0v) is 20.4. The molecule has 9 nitrogen and oxygen atoms in total. The van der Waals surface area contributed by atoms with Gasteiger partial charge in [0.1, 0.15) is 35.3 Å². The van der Waals surface area contributed by atoms with Gasteiger partial charge in [-0.15, -0.1) is 0 Å². The van der Waals surface area contributed by atoms with Crippen molar-refractivity contribution in [2.45, 2.75) is 31.8 Å². The molecule has 1 unspecified atom stereocenters. The first-order valence-electron chi connectivity index (χ1n) is 11.4. The van der Waals surface area contributed by atoms with E-state index in [1.807, 2.05) is 30.3 Å². The molecule has 0 saturated heterocycles. The van der Waals surface area contributed by atoms with Gasteiger partial charge >= 0.3 is 5.97 Å². The number of methoxy groups -OCH3 is 1. The van der Waals surface area contributed by atoms with Crippen LogP contribution in [0.4, 0.5) is 0 Å². The van der Waals surface area contributed by atoms with E-state index in [1.54, 1.807) is 49.6 Å². The van der Waals surface area contributed by atoms with Crippen LogP contribution in [-0.4, -0.2) is 42.2 Å². The second kappa shape index (κ2) is 17.5. The van der Waals surface area contributed by atoms with Gasteiger partial charge in [0.15, 0.2) is 0 Å². The smallest absolute Gasteiger partial charge is 0.320 e. The van der Waals surface area contributed by atoms with E-state index in [4.69, 9.17) is 36.9 Å². The number of unbranched alkanes of at least 4 members (excludes halogenated alkanes) is 1. The second-order valence-corrected chi connectivity index (χ2v) is 7.53. The van der Waals surface area contributed by atoms with Crippen LogP contribution in [0.5, 0.6) is 23.0 Å². The molecule has 0 aromatic heterocycles. The number of para-hydroxylation sites is 1. The van der Waals surface area contributed by atoms with Crippen LogP contribution in [0.15, 0.2) is 72.8 Å². The number of aldehydes is 1. The molecule has 0 aliphatic rings. The number of phenolic OH excluding ortho intramolecular Hbond substituents is 1. The van der Waals surface area contributed by atoms with E-state index < -0.39 is 12.0 Å². The second-order valence-electron chi connectivity index (χ2n) is 7.53. The Morgan fingerprint density at radius 2 is 1.61 bits per heavy atom. The molecule has 3 rings (SSSR count). The van der Waals surface area contributed by atoms with Crippen molar-refractivity contribution in [3.8, 4) is 23.0 Å². The summed E-state index contributed by atoms with van der Waals surface area (Å²) in [5, 5.41) is 17.4. The van der Waals surface area contributed by atoms with Crippen LogP contribution in [0, 0.1) is 0 Å². The molecule has 36 heavy (non-hydrogen) atoms. The highest BCUT2D eigenvalue weighted by Crippen LogP contribution is 2.24. The minimum Gasteiger partial charge on any atom is -0.508 e. The lowest BCUT2D eigenvalue weighted by molar-refractivity contribution is -0.138. The highest BCUT2D eigenvalue weighted by molar-refractivity contribution is 5.75. The predicted octanol–water partition coefficient (Wildman–Crippen LogP) is 3.68. The standard InChI is InChI=1S/C14H12O3.C7H9NO.C6H14N2O2/c1-16-12-5-7-13(8-6-12)17-14-4-2-3-11(9-14)10-15;8-5-6-3-1-2-4-7(6)9;7-4-2-1-3-5(8)6(9)10/h2-10H,1H3;1-4,9H,5,8H2;5H,1-4,7-8H2,(H,9,10). The van der Waals surface area contributed by atoms with E-state index >= 15 is 0 Å². The number of hydrogen-bond acceptors (Lipinski definition) is 8. The Balaban J connectivity index is 0.000000293. The van der Waals surface area contributed by atoms with Gasteiger partial charge in [-0.2, -0.15) is 0 Å². The van der Waals surface area contributed by atoms with E-state index in [0.29, 0.717) is 36.6 Å². The largest absolute Gasteiger partial charge is 0.508 e. The van der Waals surface area contributed by atoms with Crippen molar-refractivity contribution >= 4 is 12.3 Å². The third-order valence-corrected chi connectivity index (χ3v) is 4.79. The summed E-state index contributed by atoms with van der Waals surface area (Å²) in [6.07, 6.45) is 2.96. The van der Waals surface area contributed by atoms with Gasteiger partial charge in [0.2, 0.25) is 0 Å². The Kier molecular flexibility index (Phi) is 14.6. The van der Waals surface area contributed by atoms with Gasteiger partial charge in [-0.3, -0.25) is 9.59 Å².